The second-order valence-electron chi connectivity index (χ2n) is 10.9. The summed E-state index contributed by atoms with van der Waals surface area (Å²) in [5.41, 5.74) is 9.89. The van der Waals surface area contributed by atoms with Gasteiger partial charge < -0.3 is 21.3 Å². The van der Waals surface area contributed by atoms with E-state index in [1.165, 1.54) is 50.0 Å². The molecule has 2 saturated heterocycles. The van der Waals surface area contributed by atoms with Gasteiger partial charge in [0.05, 0.1) is 0 Å². The van der Waals surface area contributed by atoms with Crippen molar-refractivity contribution in [2.45, 2.75) is 50.6 Å². The molecule has 2 unspecified atom stereocenters. The number of halogens is 8. The summed E-state index contributed by atoms with van der Waals surface area (Å²) in [6, 6.07) is 4.67. The molecule has 1 radical (unpaired) electrons. The van der Waals surface area contributed by atoms with Gasteiger partial charge in [0.2, 0.25) is 0 Å². The molecule has 265 valence electrons. The van der Waals surface area contributed by atoms with Crippen LogP contribution in [0.2, 0.25) is 0 Å². The van der Waals surface area contributed by atoms with Crippen LogP contribution in [0.4, 0.5) is 45.3 Å². The van der Waals surface area contributed by atoms with Crippen molar-refractivity contribution in [2.75, 3.05) is 13.1 Å². The van der Waals surface area contributed by atoms with E-state index in [1.807, 2.05) is 12.2 Å². The van der Waals surface area contributed by atoms with E-state index in [9.17, 15) is 34.0 Å². The number of fused-ring (bicyclic) bond motifs is 3. The van der Waals surface area contributed by atoms with E-state index in [0.717, 1.165) is 58.9 Å². The van der Waals surface area contributed by atoms with Crippen LogP contribution in [0.3, 0.4) is 0 Å². The quantitative estimate of drug-likeness (QED) is 0.123. The first-order chi connectivity index (χ1) is 22.1. The molecule has 1 aromatic carbocycles. The minimum Gasteiger partial charge on any atom is 0 e. The Balaban J connectivity index is 0.000000177. The Morgan fingerprint density at radius 3 is 1.35 bits per heavy atom. The zero-order valence-corrected chi connectivity index (χ0v) is 28.8. The van der Waals surface area contributed by atoms with Gasteiger partial charge in [-0.2, -0.15) is 24.6 Å². The standard InChI is InChI=1S/C12H8N2.2C11H12FN.F6P.Ir/c1-3-9-5-6-10-4-2-8-14-12(10)11(9)13-7-1;2*12-10-6-4-9(5-7-10)11-3-1-2-8-13-11;1-7(2,3,4,5)6;/h1-8H;2*4,6-7,11H,1-3,8H2;;/q3*-2;-1;. The Morgan fingerprint density at radius 1 is 0.646 bits per heavy atom. The number of piperidine rings is 2. The molecule has 0 saturated carbocycles. The summed E-state index contributed by atoms with van der Waals surface area (Å²) < 4.78 is 84.4. The summed E-state index contributed by atoms with van der Waals surface area (Å²) in [6.45, 7) is 1.88. The topological polar surface area (TPSA) is 56.4 Å². The normalized spacial score (nSPS) is 22.8. The molecule has 14 heteroatoms. The number of benzene rings is 1. The first-order valence-corrected chi connectivity index (χ1v) is 17.0. The largest absolute Gasteiger partial charge is 0 e. The van der Waals surface area contributed by atoms with Crippen LogP contribution in [0.1, 0.15) is 38.5 Å². The zero-order valence-electron chi connectivity index (χ0n) is 25.5. The molecule has 48 heavy (non-hydrogen) atoms. The Morgan fingerprint density at radius 2 is 1.04 bits per heavy atom. The maximum absolute atomic E-state index is 12.6. The molecular formula is C34H32F8IrN4P-7. The van der Waals surface area contributed by atoms with Gasteiger partial charge in [0.15, 0.2) is 0 Å². The van der Waals surface area contributed by atoms with Gasteiger partial charge in [0, 0.05) is 32.4 Å². The first kappa shape index (κ1) is 39.2. The zero-order chi connectivity index (χ0) is 34.0. The Hall–Kier alpha value is -3.26. The molecule has 2 aliphatic carbocycles. The molecule has 0 bridgehead atoms. The number of nitrogens with zero attached hydrogens (tertiary/aromatic N) is 4. The summed E-state index contributed by atoms with van der Waals surface area (Å²) in [5.74, 6) is 0. The summed E-state index contributed by atoms with van der Waals surface area (Å²) in [6.07, 6.45) is 27.5. The van der Waals surface area contributed by atoms with Crippen molar-refractivity contribution in [1.82, 2.24) is 0 Å². The molecule has 0 amide bonds. The number of hydrogen-bond donors (Lipinski definition) is 0. The van der Waals surface area contributed by atoms with Crippen molar-refractivity contribution >= 4 is 31.3 Å². The van der Waals surface area contributed by atoms with Gasteiger partial charge in [-0.25, -0.2) is 0 Å². The second-order valence-corrected chi connectivity index (χ2v) is 12.9. The van der Waals surface area contributed by atoms with Crippen LogP contribution in [0.5, 0.6) is 0 Å². The molecule has 7 rings (SSSR count). The van der Waals surface area contributed by atoms with E-state index in [4.69, 9.17) is 0 Å². The Kier molecular flexibility index (Phi) is 13.4. The predicted octanol–water partition coefficient (Wildman–Crippen LogP) is 11.8. The van der Waals surface area contributed by atoms with Crippen molar-refractivity contribution in [3.8, 4) is 0 Å². The van der Waals surface area contributed by atoms with Gasteiger partial charge in [0.1, 0.15) is 0 Å². The van der Waals surface area contributed by atoms with Crippen LogP contribution >= 0.6 is 7.81 Å². The van der Waals surface area contributed by atoms with Crippen LogP contribution in [-0.2, 0) is 20.1 Å². The summed E-state index contributed by atoms with van der Waals surface area (Å²) in [5, 5.41) is 19.9. The molecular weight excluding hydrogens is 840 g/mol. The number of hydrogen-bond acceptors (Lipinski definition) is 0. The molecule has 6 aliphatic rings. The van der Waals surface area contributed by atoms with Crippen LogP contribution in [0.15, 0.2) is 95.7 Å². The minimum atomic E-state index is -10.7. The van der Waals surface area contributed by atoms with E-state index in [1.54, 1.807) is 24.6 Å². The fraction of sp³-hybridized carbons (Fsp3) is 0.294. The third-order valence-corrected chi connectivity index (χ3v) is 7.13. The van der Waals surface area contributed by atoms with Crippen molar-refractivity contribution in [2.24, 2.45) is 0 Å². The average Bonchev–Trinajstić information content (AvgIpc) is 3.05. The first-order valence-electron chi connectivity index (χ1n) is 14.9. The molecule has 1 aromatic rings. The van der Waals surface area contributed by atoms with Crippen molar-refractivity contribution < 1.29 is 54.1 Å². The maximum Gasteiger partial charge on any atom is 0 e. The molecule has 0 spiro atoms. The van der Waals surface area contributed by atoms with Crippen LogP contribution in [0, 0.1) is 12.3 Å². The van der Waals surface area contributed by atoms with Gasteiger partial charge in [-0.3, -0.25) is 20.2 Å². The van der Waals surface area contributed by atoms with Crippen LogP contribution in [0.25, 0.3) is 33.4 Å². The molecule has 2 fully saturated rings. The average molecular weight is 872 g/mol. The number of rotatable bonds is 2. The molecule has 4 heterocycles. The predicted molar refractivity (Wildman–Crippen MR) is 174 cm³/mol. The van der Waals surface area contributed by atoms with Crippen LogP contribution in [-0.4, -0.2) is 25.2 Å². The summed E-state index contributed by atoms with van der Waals surface area (Å²) in [4.78, 5) is 0. The van der Waals surface area contributed by atoms with Gasteiger partial charge >= 0.3 is 33.0 Å². The van der Waals surface area contributed by atoms with Gasteiger partial charge in [-0.05, 0) is 10.4 Å². The minimum absolute atomic E-state index is 0. The molecule has 4 aliphatic heterocycles. The summed E-state index contributed by atoms with van der Waals surface area (Å²) in [7, 11) is -10.7. The van der Waals surface area contributed by atoms with E-state index in [-0.39, 0.29) is 44.5 Å². The number of allylic oxidation sites excluding steroid dienone is 4. The third-order valence-electron chi connectivity index (χ3n) is 7.13. The SMILES string of the molecule is C1=C[N-]c2c3c(ccc2=C1)=CC=C[N-]3.F[C-]1C=C=C(C2CCCC[N-]2)C=C1.F[C-]1C=C=C(C2CCCC[N-]2)C=C1.F[P-](F)(F)(F)(F)F.[Ir]. The van der Waals surface area contributed by atoms with Crippen molar-refractivity contribution in [3.05, 3.63) is 140 Å². The van der Waals surface area contributed by atoms with Crippen molar-refractivity contribution in [3.63, 3.8) is 0 Å². The van der Waals surface area contributed by atoms with E-state index in [2.05, 4.69) is 57.0 Å². The smallest absolute Gasteiger partial charge is 0 e. The third kappa shape index (κ3) is 14.5. The summed E-state index contributed by atoms with van der Waals surface area (Å²) >= 11 is 0. The molecule has 0 N–H and O–H groups in total. The maximum atomic E-state index is 12.6. The fourth-order valence-corrected chi connectivity index (χ4v) is 5.01. The van der Waals surface area contributed by atoms with Gasteiger partial charge in [-0.15, -0.1) is 72.0 Å². The van der Waals surface area contributed by atoms with Crippen molar-refractivity contribution in [1.29, 1.82) is 0 Å². The second kappa shape index (κ2) is 16.4. The molecule has 0 aromatic heterocycles. The van der Waals surface area contributed by atoms with E-state index < -0.39 is 7.81 Å². The van der Waals surface area contributed by atoms with E-state index in [0.29, 0.717) is 0 Å². The van der Waals surface area contributed by atoms with E-state index >= 15 is 0 Å². The Labute approximate surface area is 288 Å². The van der Waals surface area contributed by atoms with Gasteiger partial charge in [0.25, 0.3) is 0 Å². The molecule has 2 atom stereocenters. The monoisotopic (exact) mass is 872 g/mol. The Bertz CT molecular complexity index is 1540. The van der Waals surface area contributed by atoms with Gasteiger partial charge in [-0.1, -0.05) is 75.0 Å². The van der Waals surface area contributed by atoms with Crippen LogP contribution < -0.4 is 10.4 Å². The molecule has 4 nitrogen and oxygen atoms in total. The fourth-order valence-electron chi connectivity index (χ4n) is 5.01.